The molecule has 0 aliphatic carbocycles. The van der Waals surface area contributed by atoms with E-state index in [-0.39, 0.29) is 12.5 Å². The summed E-state index contributed by atoms with van der Waals surface area (Å²) in [6, 6.07) is 0.357. The molecule has 1 amide bonds. The van der Waals surface area contributed by atoms with Gasteiger partial charge >= 0.3 is 0 Å². The van der Waals surface area contributed by atoms with Crippen LogP contribution in [-0.2, 0) is 9.53 Å². The largest absolute Gasteiger partial charge is 0.375 e. The zero-order chi connectivity index (χ0) is 11.8. The summed E-state index contributed by atoms with van der Waals surface area (Å²) in [6.45, 7) is 9.55. The first kappa shape index (κ1) is 14.4. The van der Waals surface area contributed by atoms with Crippen LogP contribution in [0, 0.1) is 5.92 Å². The van der Waals surface area contributed by atoms with Gasteiger partial charge in [0.1, 0.15) is 6.61 Å². The van der Waals surface area contributed by atoms with Crippen molar-refractivity contribution >= 4 is 5.91 Å². The normalized spacial score (nSPS) is 11.1. The number of nitrogens with zero attached hydrogens (tertiary/aromatic N) is 1. The number of amides is 1. The Labute approximate surface area is 93.8 Å². The second kappa shape index (κ2) is 7.69. The molecule has 0 spiro atoms. The summed E-state index contributed by atoms with van der Waals surface area (Å²) in [7, 11) is 1.57. The predicted octanol–water partition coefficient (Wildman–Crippen LogP) is 2.31. The third-order valence-electron chi connectivity index (χ3n) is 2.53. The Morgan fingerprint density at radius 2 is 1.80 bits per heavy atom. The fraction of sp³-hybridized carbons (Fsp3) is 0.917. The van der Waals surface area contributed by atoms with Crippen LogP contribution in [0.15, 0.2) is 0 Å². The summed E-state index contributed by atoms with van der Waals surface area (Å²) in [5.41, 5.74) is 0. The highest BCUT2D eigenvalue weighted by molar-refractivity contribution is 5.77. The van der Waals surface area contributed by atoms with E-state index in [1.165, 1.54) is 0 Å². The molecule has 0 atom stereocenters. The van der Waals surface area contributed by atoms with Crippen molar-refractivity contribution in [2.75, 3.05) is 20.3 Å². The van der Waals surface area contributed by atoms with Crippen molar-refractivity contribution in [1.82, 2.24) is 4.90 Å². The minimum absolute atomic E-state index is 0.111. The predicted molar refractivity (Wildman–Crippen MR) is 62.8 cm³/mol. The van der Waals surface area contributed by atoms with Gasteiger partial charge in [-0.1, -0.05) is 27.7 Å². The molecule has 3 heteroatoms. The highest BCUT2D eigenvalue weighted by atomic mass is 16.5. The SMILES string of the molecule is CCC(CC)N(CC(C)C)C(=O)COC. The van der Waals surface area contributed by atoms with Gasteiger partial charge in [0.05, 0.1) is 0 Å². The van der Waals surface area contributed by atoms with Gasteiger partial charge in [0.25, 0.3) is 0 Å². The molecule has 0 rings (SSSR count). The first-order chi connectivity index (χ1) is 7.06. The van der Waals surface area contributed by atoms with Crippen LogP contribution in [0.4, 0.5) is 0 Å². The third kappa shape index (κ3) is 5.17. The highest BCUT2D eigenvalue weighted by Crippen LogP contribution is 2.11. The van der Waals surface area contributed by atoms with Crippen LogP contribution in [0.3, 0.4) is 0 Å². The molecule has 0 N–H and O–H groups in total. The summed E-state index contributed by atoms with van der Waals surface area (Å²) >= 11 is 0. The maximum absolute atomic E-state index is 11.8. The lowest BCUT2D eigenvalue weighted by Gasteiger charge is -2.31. The maximum atomic E-state index is 11.8. The molecule has 0 aliphatic heterocycles. The number of carbonyl (C=O) groups is 1. The van der Waals surface area contributed by atoms with Crippen molar-refractivity contribution in [3.63, 3.8) is 0 Å². The van der Waals surface area contributed by atoms with Crippen molar-refractivity contribution in [1.29, 1.82) is 0 Å². The van der Waals surface area contributed by atoms with Gasteiger partial charge in [-0.15, -0.1) is 0 Å². The Morgan fingerprint density at radius 1 is 1.27 bits per heavy atom. The second-order valence-corrected chi connectivity index (χ2v) is 4.34. The minimum Gasteiger partial charge on any atom is -0.375 e. The lowest BCUT2D eigenvalue weighted by molar-refractivity contribution is -0.138. The molecule has 90 valence electrons. The molecule has 0 bridgehead atoms. The Balaban J connectivity index is 4.47. The molecule has 15 heavy (non-hydrogen) atoms. The van der Waals surface area contributed by atoms with Crippen molar-refractivity contribution in [3.05, 3.63) is 0 Å². The van der Waals surface area contributed by atoms with E-state index in [1.807, 2.05) is 4.90 Å². The Bertz CT molecular complexity index is 176. The Kier molecular flexibility index (Phi) is 7.39. The number of ether oxygens (including phenoxy) is 1. The second-order valence-electron chi connectivity index (χ2n) is 4.34. The van der Waals surface area contributed by atoms with Crippen LogP contribution < -0.4 is 0 Å². The van der Waals surface area contributed by atoms with Crippen molar-refractivity contribution in [2.45, 2.75) is 46.6 Å². The average Bonchev–Trinajstić information content (AvgIpc) is 2.18. The molecule has 0 saturated carbocycles. The van der Waals surface area contributed by atoms with Gasteiger partial charge in [0, 0.05) is 19.7 Å². The molecule has 0 aromatic carbocycles. The molecule has 0 radical (unpaired) electrons. The number of hydrogen-bond acceptors (Lipinski definition) is 2. The molecule has 0 unspecified atom stereocenters. The molecule has 3 nitrogen and oxygen atoms in total. The smallest absolute Gasteiger partial charge is 0.248 e. The van der Waals surface area contributed by atoms with E-state index in [0.717, 1.165) is 19.4 Å². The van der Waals surface area contributed by atoms with E-state index in [4.69, 9.17) is 4.74 Å². The number of methoxy groups -OCH3 is 1. The van der Waals surface area contributed by atoms with Crippen molar-refractivity contribution in [2.24, 2.45) is 5.92 Å². The highest BCUT2D eigenvalue weighted by Gasteiger charge is 2.21. The summed E-state index contributed by atoms with van der Waals surface area (Å²) < 4.78 is 4.91. The van der Waals surface area contributed by atoms with E-state index in [0.29, 0.717) is 12.0 Å². The molecule has 0 saturated heterocycles. The summed E-state index contributed by atoms with van der Waals surface area (Å²) in [4.78, 5) is 13.8. The van der Waals surface area contributed by atoms with Crippen LogP contribution >= 0.6 is 0 Å². The van der Waals surface area contributed by atoms with Gasteiger partial charge in [-0.2, -0.15) is 0 Å². The van der Waals surface area contributed by atoms with Gasteiger partial charge in [0.2, 0.25) is 5.91 Å². The summed E-state index contributed by atoms with van der Waals surface area (Å²) in [5, 5.41) is 0. The van der Waals surface area contributed by atoms with Gasteiger partial charge in [0.15, 0.2) is 0 Å². The monoisotopic (exact) mass is 215 g/mol. The molecular formula is C12H25NO2. The molecule has 0 aromatic heterocycles. The standard InChI is InChI=1S/C12H25NO2/c1-6-11(7-2)13(8-10(3)4)12(14)9-15-5/h10-11H,6-9H2,1-5H3. The average molecular weight is 215 g/mol. The molecule has 0 aliphatic rings. The zero-order valence-electron chi connectivity index (χ0n) is 10.7. The van der Waals surface area contributed by atoms with Gasteiger partial charge in [-0.05, 0) is 18.8 Å². The van der Waals surface area contributed by atoms with E-state index in [2.05, 4.69) is 27.7 Å². The van der Waals surface area contributed by atoms with Crippen LogP contribution in [-0.4, -0.2) is 37.1 Å². The molecule has 0 fully saturated rings. The van der Waals surface area contributed by atoms with E-state index in [1.54, 1.807) is 7.11 Å². The quantitative estimate of drug-likeness (QED) is 0.652. The number of hydrogen-bond donors (Lipinski definition) is 0. The fourth-order valence-corrected chi connectivity index (χ4v) is 1.78. The fourth-order valence-electron chi connectivity index (χ4n) is 1.78. The number of carbonyl (C=O) groups excluding carboxylic acids is 1. The Morgan fingerprint density at radius 3 is 2.13 bits per heavy atom. The molecule has 0 heterocycles. The van der Waals surface area contributed by atoms with Gasteiger partial charge < -0.3 is 9.64 Å². The van der Waals surface area contributed by atoms with Crippen LogP contribution in [0.1, 0.15) is 40.5 Å². The van der Waals surface area contributed by atoms with Crippen molar-refractivity contribution < 1.29 is 9.53 Å². The third-order valence-corrected chi connectivity index (χ3v) is 2.53. The van der Waals surface area contributed by atoms with Crippen LogP contribution in [0.25, 0.3) is 0 Å². The van der Waals surface area contributed by atoms with Crippen molar-refractivity contribution in [3.8, 4) is 0 Å². The summed E-state index contributed by atoms with van der Waals surface area (Å²) in [6.07, 6.45) is 2.03. The zero-order valence-corrected chi connectivity index (χ0v) is 10.7. The lowest BCUT2D eigenvalue weighted by Crippen LogP contribution is -2.43. The van der Waals surface area contributed by atoms with E-state index >= 15 is 0 Å². The van der Waals surface area contributed by atoms with Gasteiger partial charge in [-0.3, -0.25) is 4.79 Å². The molecule has 0 aromatic rings. The van der Waals surface area contributed by atoms with Gasteiger partial charge in [-0.25, -0.2) is 0 Å². The van der Waals surface area contributed by atoms with E-state index in [9.17, 15) is 4.79 Å². The first-order valence-electron chi connectivity index (χ1n) is 5.85. The van der Waals surface area contributed by atoms with E-state index < -0.39 is 0 Å². The van der Waals surface area contributed by atoms with Crippen LogP contribution in [0.5, 0.6) is 0 Å². The van der Waals surface area contributed by atoms with Crippen LogP contribution in [0.2, 0.25) is 0 Å². The minimum atomic E-state index is 0.111. The lowest BCUT2D eigenvalue weighted by atomic mass is 10.1. The summed E-state index contributed by atoms with van der Waals surface area (Å²) in [5.74, 6) is 0.617. The Hall–Kier alpha value is -0.570. The number of rotatable bonds is 7. The topological polar surface area (TPSA) is 29.5 Å². The molecular weight excluding hydrogens is 190 g/mol. The first-order valence-corrected chi connectivity index (χ1v) is 5.85. The maximum Gasteiger partial charge on any atom is 0.248 e.